The minimum atomic E-state index is -0.862. The van der Waals surface area contributed by atoms with Gasteiger partial charge in [-0.3, -0.25) is 4.79 Å². The van der Waals surface area contributed by atoms with Crippen molar-refractivity contribution in [1.29, 1.82) is 0 Å². The topological polar surface area (TPSA) is 76.0 Å². The van der Waals surface area contributed by atoms with Crippen molar-refractivity contribution >= 4 is 5.78 Å². The molecule has 148 valence electrons. The molecule has 2 aliphatic heterocycles. The highest BCUT2D eigenvalue weighted by atomic mass is 16.7. The molecule has 0 amide bonds. The summed E-state index contributed by atoms with van der Waals surface area (Å²) in [6, 6.07) is 1.30. The maximum atomic E-state index is 12.9. The van der Waals surface area contributed by atoms with Gasteiger partial charge in [-0.15, -0.1) is 0 Å². The summed E-state index contributed by atoms with van der Waals surface area (Å²) in [4.78, 5) is 12.9. The number of hydrogen-bond acceptors (Lipinski definition) is 5. The van der Waals surface area contributed by atoms with Gasteiger partial charge < -0.3 is 19.7 Å². The van der Waals surface area contributed by atoms with Gasteiger partial charge in [-0.25, -0.2) is 0 Å². The first-order valence-electron chi connectivity index (χ1n) is 9.92. The summed E-state index contributed by atoms with van der Waals surface area (Å²) >= 11 is 0. The van der Waals surface area contributed by atoms with Crippen LogP contribution >= 0.6 is 0 Å². The van der Waals surface area contributed by atoms with Gasteiger partial charge in [-0.2, -0.15) is 0 Å². The SMILES string of the molecule is CC(C)C(=O)c1c(O)cc(O)c2c1O[C@]13OC(C)(C)C[C@H]1[C@@H]2CCC3(C)C. The molecule has 5 heteroatoms. The highest BCUT2D eigenvalue weighted by Crippen LogP contribution is 2.67. The number of ether oxygens (including phenoxy) is 2. The van der Waals surface area contributed by atoms with E-state index in [2.05, 4.69) is 27.7 Å². The Bertz CT molecular complexity index is 822. The Morgan fingerprint density at radius 2 is 1.85 bits per heavy atom. The van der Waals surface area contributed by atoms with Gasteiger partial charge in [-0.1, -0.05) is 27.7 Å². The molecular formula is C22H30O5. The summed E-state index contributed by atoms with van der Waals surface area (Å²) in [6.07, 6.45) is 2.62. The highest BCUT2D eigenvalue weighted by molar-refractivity contribution is 6.03. The van der Waals surface area contributed by atoms with E-state index in [-0.39, 0.29) is 51.6 Å². The molecule has 0 radical (unpaired) electrons. The first kappa shape index (κ1) is 18.6. The van der Waals surface area contributed by atoms with Crippen LogP contribution in [0.3, 0.4) is 0 Å². The minimum Gasteiger partial charge on any atom is -0.507 e. The average molecular weight is 374 g/mol. The molecule has 0 aromatic heterocycles. The summed E-state index contributed by atoms with van der Waals surface area (Å²) in [5.41, 5.74) is 0.228. The number of aromatic hydroxyl groups is 2. The van der Waals surface area contributed by atoms with Crippen molar-refractivity contribution in [2.75, 3.05) is 0 Å². The van der Waals surface area contributed by atoms with Crippen molar-refractivity contribution < 1.29 is 24.5 Å². The predicted octanol–water partition coefficient (Wildman–Crippen LogP) is 4.74. The van der Waals surface area contributed by atoms with Gasteiger partial charge in [0.25, 0.3) is 0 Å². The molecule has 2 fully saturated rings. The fraction of sp³-hybridized carbons (Fsp3) is 0.682. The molecule has 0 unspecified atom stereocenters. The fourth-order valence-electron chi connectivity index (χ4n) is 5.50. The normalized spacial score (nSPS) is 32.6. The molecule has 1 saturated carbocycles. The van der Waals surface area contributed by atoms with Gasteiger partial charge in [0.05, 0.1) is 5.60 Å². The monoisotopic (exact) mass is 374 g/mol. The Kier molecular flexibility index (Phi) is 3.72. The predicted molar refractivity (Wildman–Crippen MR) is 101 cm³/mol. The van der Waals surface area contributed by atoms with E-state index < -0.39 is 5.79 Å². The molecule has 1 aliphatic carbocycles. The lowest BCUT2D eigenvalue weighted by molar-refractivity contribution is -0.291. The lowest BCUT2D eigenvalue weighted by Gasteiger charge is -2.56. The minimum absolute atomic E-state index is 0.00539. The average Bonchev–Trinajstić information content (AvgIpc) is 2.82. The molecule has 2 N–H and O–H groups in total. The second-order valence-electron chi connectivity index (χ2n) is 10.0. The van der Waals surface area contributed by atoms with Crippen molar-refractivity contribution in [2.24, 2.45) is 17.3 Å². The first-order chi connectivity index (χ1) is 12.4. The number of hydrogen-bond donors (Lipinski definition) is 2. The van der Waals surface area contributed by atoms with Crippen LogP contribution < -0.4 is 4.74 Å². The molecule has 2 bridgehead atoms. The van der Waals surface area contributed by atoms with Crippen molar-refractivity contribution in [3.05, 3.63) is 17.2 Å². The lowest BCUT2D eigenvalue weighted by Crippen LogP contribution is -2.60. The van der Waals surface area contributed by atoms with Gasteiger partial charge >= 0.3 is 0 Å². The van der Waals surface area contributed by atoms with Crippen LogP contribution in [0.15, 0.2) is 6.07 Å². The Labute approximate surface area is 160 Å². The number of Topliss-reactive ketones (excluding diaryl/α,β-unsaturated/α-hetero) is 1. The molecule has 4 rings (SSSR count). The van der Waals surface area contributed by atoms with Crippen LogP contribution in [0.5, 0.6) is 17.2 Å². The molecule has 3 atom stereocenters. The third-order valence-electron chi connectivity index (χ3n) is 6.81. The van der Waals surface area contributed by atoms with Gasteiger partial charge in [0, 0.05) is 34.8 Å². The molecule has 1 aromatic rings. The number of rotatable bonds is 2. The maximum Gasteiger partial charge on any atom is 0.219 e. The molecule has 1 aromatic carbocycles. The van der Waals surface area contributed by atoms with Crippen LogP contribution in [-0.2, 0) is 4.74 Å². The van der Waals surface area contributed by atoms with Gasteiger partial charge in [0.15, 0.2) is 5.78 Å². The van der Waals surface area contributed by atoms with E-state index in [1.807, 2.05) is 0 Å². The largest absolute Gasteiger partial charge is 0.507 e. The number of benzene rings is 1. The number of phenols is 2. The second kappa shape index (κ2) is 5.40. The van der Waals surface area contributed by atoms with E-state index in [1.54, 1.807) is 13.8 Å². The fourth-order valence-corrected chi connectivity index (χ4v) is 5.50. The van der Waals surface area contributed by atoms with E-state index in [1.165, 1.54) is 6.07 Å². The van der Waals surface area contributed by atoms with E-state index in [0.717, 1.165) is 19.3 Å². The molecule has 3 aliphatic rings. The van der Waals surface area contributed by atoms with Crippen molar-refractivity contribution in [2.45, 2.75) is 78.1 Å². The summed E-state index contributed by atoms with van der Waals surface area (Å²) in [5.74, 6) is -1.11. The van der Waals surface area contributed by atoms with Gasteiger partial charge in [0.2, 0.25) is 5.79 Å². The molecule has 2 heterocycles. The summed E-state index contributed by atoms with van der Waals surface area (Å²) in [6.45, 7) is 12.0. The third-order valence-corrected chi connectivity index (χ3v) is 6.81. The van der Waals surface area contributed by atoms with Crippen LogP contribution in [-0.4, -0.2) is 27.4 Å². The second-order valence-corrected chi connectivity index (χ2v) is 10.0. The van der Waals surface area contributed by atoms with Gasteiger partial charge in [-0.05, 0) is 33.1 Å². The number of fused-ring (bicyclic) bond motifs is 2. The number of carbonyl (C=O) groups is 1. The van der Waals surface area contributed by atoms with Crippen LogP contribution in [0.25, 0.3) is 0 Å². The number of ketones is 1. The maximum absolute atomic E-state index is 12.9. The van der Waals surface area contributed by atoms with Crippen LogP contribution in [0.1, 0.15) is 82.6 Å². The molecule has 1 saturated heterocycles. The van der Waals surface area contributed by atoms with Gasteiger partial charge in [0.1, 0.15) is 22.8 Å². The summed E-state index contributed by atoms with van der Waals surface area (Å²) in [7, 11) is 0. The molecule has 0 spiro atoms. The Morgan fingerprint density at radius 3 is 2.48 bits per heavy atom. The quantitative estimate of drug-likeness (QED) is 0.731. The third kappa shape index (κ3) is 2.36. The zero-order valence-electron chi connectivity index (χ0n) is 17.0. The Morgan fingerprint density at radius 1 is 1.19 bits per heavy atom. The molecule has 5 nitrogen and oxygen atoms in total. The highest BCUT2D eigenvalue weighted by Gasteiger charge is 2.69. The molecular weight excluding hydrogens is 344 g/mol. The van der Waals surface area contributed by atoms with Crippen molar-refractivity contribution in [3.63, 3.8) is 0 Å². The summed E-state index contributed by atoms with van der Waals surface area (Å²) < 4.78 is 13.1. The zero-order valence-corrected chi connectivity index (χ0v) is 17.0. The van der Waals surface area contributed by atoms with Crippen molar-refractivity contribution in [3.8, 4) is 17.2 Å². The van der Waals surface area contributed by atoms with Crippen LogP contribution in [0, 0.1) is 17.3 Å². The Hall–Kier alpha value is -1.75. The van der Waals surface area contributed by atoms with Crippen LogP contribution in [0.4, 0.5) is 0 Å². The zero-order chi connectivity index (χ0) is 19.9. The number of carbonyl (C=O) groups excluding carboxylic acids is 1. The number of phenolic OH excluding ortho intramolecular Hbond substituents is 2. The lowest BCUT2D eigenvalue weighted by atomic mass is 9.58. The van der Waals surface area contributed by atoms with E-state index in [4.69, 9.17) is 9.47 Å². The van der Waals surface area contributed by atoms with E-state index >= 15 is 0 Å². The van der Waals surface area contributed by atoms with Crippen molar-refractivity contribution in [1.82, 2.24) is 0 Å². The smallest absolute Gasteiger partial charge is 0.219 e. The first-order valence-corrected chi connectivity index (χ1v) is 9.92. The Balaban J connectivity index is 1.99. The van der Waals surface area contributed by atoms with E-state index in [0.29, 0.717) is 11.3 Å². The molecule has 27 heavy (non-hydrogen) atoms. The van der Waals surface area contributed by atoms with Crippen LogP contribution in [0.2, 0.25) is 0 Å². The van der Waals surface area contributed by atoms with E-state index in [9.17, 15) is 15.0 Å². The summed E-state index contributed by atoms with van der Waals surface area (Å²) in [5, 5.41) is 21.2. The standard InChI is InChI=1S/C22H30O5/c1-11(2)18(25)17-15(24)9-14(23)16-12-7-8-20(3,4)22(26-19(16)17)13(12)10-21(5,6)27-22/h9,11-13,23-24H,7-8,10H2,1-6H3/t12-,13-,22-/m0/s1.